The number of aromatic nitrogens is 2. The summed E-state index contributed by atoms with van der Waals surface area (Å²) in [7, 11) is 3.25. The van der Waals surface area contributed by atoms with E-state index in [9.17, 15) is 5.11 Å². The Morgan fingerprint density at radius 1 is 1.39 bits per heavy atom. The Morgan fingerprint density at radius 3 is 2.83 bits per heavy atom. The lowest BCUT2D eigenvalue weighted by Gasteiger charge is -2.17. The fourth-order valence-corrected chi connectivity index (χ4v) is 1.63. The number of nitrogens with one attached hydrogen (secondary N) is 1. The molecular weight excluding hydrogens is 258 g/mol. The Labute approximate surface area is 110 Å². The SMILES string of the molecule is COCC(CNCC(O)COc1cnsn1)OC. The van der Waals surface area contributed by atoms with Crippen molar-refractivity contribution in [2.75, 3.05) is 40.5 Å². The lowest BCUT2D eigenvalue weighted by Crippen LogP contribution is -2.38. The number of rotatable bonds is 10. The highest BCUT2D eigenvalue weighted by molar-refractivity contribution is 6.99. The molecule has 1 rings (SSSR count). The van der Waals surface area contributed by atoms with Crippen molar-refractivity contribution in [2.45, 2.75) is 12.2 Å². The topological polar surface area (TPSA) is 85.7 Å². The highest BCUT2D eigenvalue weighted by Crippen LogP contribution is 2.04. The summed E-state index contributed by atoms with van der Waals surface area (Å²) in [6, 6.07) is 0. The van der Waals surface area contributed by atoms with E-state index in [1.807, 2.05) is 0 Å². The quantitative estimate of drug-likeness (QED) is 0.598. The van der Waals surface area contributed by atoms with Crippen LogP contribution in [0.15, 0.2) is 6.20 Å². The summed E-state index contributed by atoms with van der Waals surface area (Å²) >= 11 is 1.07. The molecule has 0 spiro atoms. The third-order valence-corrected chi connectivity index (χ3v) is 2.66. The summed E-state index contributed by atoms with van der Waals surface area (Å²) in [5, 5.41) is 12.7. The third-order valence-electron chi connectivity index (χ3n) is 2.20. The van der Waals surface area contributed by atoms with Crippen molar-refractivity contribution in [2.24, 2.45) is 0 Å². The van der Waals surface area contributed by atoms with Crippen LogP contribution in [0.2, 0.25) is 0 Å². The molecule has 0 amide bonds. The summed E-state index contributed by atoms with van der Waals surface area (Å²) < 4.78 is 23.1. The molecule has 0 radical (unpaired) electrons. The van der Waals surface area contributed by atoms with Crippen LogP contribution in [0.25, 0.3) is 0 Å². The second-order valence-corrected chi connectivity index (χ2v) is 4.24. The number of hydrogen-bond donors (Lipinski definition) is 2. The van der Waals surface area contributed by atoms with Crippen LogP contribution in [0.3, 0.4) is 0 Å². The van der Waals surface area contributed by atoms with Gasteiger partial charge in [-0.1, -0.05) is 0 Å². The lowest BCUT2D eigenvalue weighted by molar-refractivity contribution is 0.0256. The molecule has 1 aromatic rings. The van der Waals surface area contributed by atoms with Crippen LogP contribution >= 0.6 is 11.7 Å². The fraction of sp³-hybridized carbons (Fsp3) is 0.800. The molecule has 7 nitrogen and oxygen atoms in total. The number of nitrogens with zero attached hydrogens (tertiary/aromatic N) is 2. The van der Waals surface area contributed by atoms with Crippen LogP contribution in [0.4, 0.5) is 0 Å². The van der Waals surface area contributed by atoms with E-state index in [1.165, 1.54) is 6.20 Å². The van der Waals surface area contributed by atoms with Crippen LogP contribution in [0.1, 0.15) is 0 Å². The van der Waals surface area contributed by atoms with Gasteiger partial charge in [-0.15, -0.1) is 4.37 Å². The summed E-state index contributed by atoms with van der Waals surface area (Å²) in [4.78, 5) is 0. The standard InChI is InChI=1S/C10H19N3O4S/c1-15-7-9(16-2)4-11-3-8(14)6-17-10-5-12-18-13-10/h5,8-9,11,14H,3-4,6-7H2,1-2H3. The predicted molar refractivity (Wildman–Crippen MR) is 67.0 cm³/mol. The molecule has 104 valence electrons. The average Bonchev–Trinajstić information content (AvgIpc) is 2.88. The first-order valence-electron chi connectivity index (χ1n) is 5.57. The van der Waals surface area contributed by atoms with E-state index in [1.54, 1.807) is 14.2 Å². The largest absolute Gasteiger partial charge is 0.473 e. The fourth-order valence-electron chi connectivity index (χ4n) is 1.27. The molecule has 8 heteroatoms. The Bertz CT molecular complexity index is 299. The molecule has 2 N–H and O–H groups in total. The van der Waals surface area contributed by atoms with Crippen molar-refractivity contribution in [1.82, 2.24) is 14.1 Å². The zero-order chi connectivity index (χ0) is 13.2. The van der Waals surface area contributed by atoms with Gasteiger partial charge in [-0.2, -0.15) is 4.37 Å². The molecule has 0 aliphatic rings. The molecule has 1 heterocycles. The summed E-state index contributed by atoms with van der Waals surface area (Å²) in [6.07, 6.45) is 0.891. The molecule has 0 aliphatic carbocycles. The maximum atomic E-state index is 9.66. The van der Waals surface area contributed by atoms with Crippen molar-refractivity contribution in [3.05, 3.63) is 6.20 Å². The second-order valence-electron chi connectivity index (χ2n) is 3.68. The number of aliphatic hydroxyl groups excluding tert-OH is 1. The molecule has 0 bridgehead atoms. The van der Waals surface area contributed by atoms with Gasteiger partial charge in [0.2, 0.25) is 5.88 Å². The van der Waals surface area contributed by atoms with Crippen LogP contribution in [-0.2, 0) is 9.47 Å². The van der Waals surface area contributed by atoms with E-state index in [-0.39, 0.29) is 12.7 Å². The first kappa shape index (κ1) is 15.3. The number of ether oxygens (including phenoxy) is 3. The molecule has 0 aromatic carbocycles. The molecule has 0 saturated carbocycles. The van der Waals surface area contributed by atoms with Crippen LogP contribution < -0.4 is 10.1 Å². The van der Waals surface area contributed by atoms with Crippen LogP contribution in [0, 0.1) is 0 Å². The van der Waals surface area contributed by atoms with Crippen molar-refractivity contribution in [3.63, 3.8) is 0 Å². The van der Waals surface area contributed by atoms with Gasteiger partial charge in [0, 0.05) is 27.3 Å². The maximum absolute atomic E-state index is 9.66. The maximum Gasteiger partial charge on any atom is 0.245 e. The van der Waals surface area contributed by atoms with Gasteiger partial charge in [0.05, 0.1) is 24.4 Å². The molecule has 2 atom stereocenters. The Kier molecular flexibility index (Phi) is 7.78. The first-order valence-corrected chi connectivity index (χ1v) is 6.30. The van der Waals surface area contributed by atoms with E-state index in [2.05, 4.69) is 14.1 Å². The number of hydrogen-bond acceptors (Lipinski definition) is 8. The van der Waals surface area contributed by atoms with Gasteiger partial charge < -0.3 is 24.6 Å². The van der Waals surface area contributed by atoms with Crippen molar-refractivity contribution < 1.29 is 19.3 Å². The van der Waals surface area contributed by atoms with E-state index >= 15 is 0 Å². The normalized spacial score (nSPS) is 14.4. The number of aliphatic hydroxyl groups is 1. The molecule has 0 saturated heterocycles. The van der Waals surface area contributed by atoms with Gasteiger partial charge in [0.15, 0.2) is 0 Å². The summed E-state index contributed by atoms with van der Waals surface area (Å²) in [5.41, 5.74) is 0. The van der Waals surface area contributed by atoms with Crippen molar-refractivity contribution in [1.29, 1.82) is 0 Å². The molecule has 0 aliphatic heterocycles. The minimum Gasteiger partial charge on any atom is -0.473 e. The smallest absolute Gasteiger partial charge is 0.245 e. The van der Waals surface area contributed by atoms with E-state index in [0.717, 1.165) is 11.7 Å². The Morgan fingerprint density at radius 2 is 2.22 bits per heavy atom. The highest BCUT2D eigenvalue weighted by atomic mass is 32.1. The van der Waals surface area contributed by atoms with E-state index < -0.39 is 6.10 Å². The molecule has 1 aromatic heterocycles. The second kappa shape index (κ2) is 9.17. The van der Waals surface area contributed by atoms with Gasteiger partial charge >= 0.3 is 0 Å². The lowest BCUT2D eigenvalue weighted by atomic mass is 10.3. The summed E-state index contributed by atoms with van der Waals surface area (Å²) in [5.74, 6) is 0.438. The molecule has 2 unspecified atom stereocenters. The van der Waals surface area contributed by atoms with Gasteiger partial charge in [-0.3, -0.25) is 0 Å². The summed E-state index contributed by atoms with van der Waals surface area (Å²) in [6.45, 7) is 1.72. The van der Waals surface area contributed by atoms with Gasteiger partial charge in [0.25, 0.3) is 0 Å². The highest BCUT2D eigenvalue weighted by Gasteiger charge is 2.09. The zero-order valence-corrected chi connectivity index (χ0v) is 11.4. The predicted octanol–water partition coefficient (Wildman–Crippen LogP) is -0.471. The minimum absolute atomic E-state index is 0.0224. The van der Waals surface area contributed by atoms with Crippen molar-refractivity contribution in [3.8, 4) is 5.88 Å². The monoisotopic (exact) mass is 277 g/mol. The van der Waals surface area contributed by atoms with Gasteiger partial charge in [-0.05, 0) is 0 Å². The van der Waals surface area contributed by atoms with Crippen LogP contribution in [0.5, 0.6) is 5.88 Å². The van der Waals surface area contributed by atoms with Gasteiger partial charge in [-0.25, -0.2) is 0 Å². The number of methoxy groups -OCH3 is 2. The third kappa shape index (κ3) is 6.22. The average molecular weight is 277 g/mol. The zero-order valence-electron chi connectivity index (χ0n) is 10.5. The van der Waals surface area contributed by atoms with E-state index in [4.69, 9.17) is 14.2 Å². The first-order chi connectivity index (χ1) is 8.76. The van der Waals surface area contributed by atoms with E-state index in [0.29, 0.717) is 25.6 Å². The molecular formula is C10H19N3O4S. The Hall–Kier alpha value is -0.800. The van der Waals surface area contributed by atoms with Gasteiger partial charge in [0.1, 0.15) is 18.9 Å². The van der Waals surface area contributed by atoms with Crippen LogP contribution in [-0.4, -0.2) is 66.6 Å². The van der Waals surface area contributed by atoms with Crippen molar-refractivity contribution >= 4 is 11.7 Å². The molecule has 18 heavy (non-hydrogen) atoms. The molecule has 0 fully saturated rings. The minimum atomic E-state index is -0.605. The Balaban J connectivity index is 2.07.